The van der Waals surface area contributed by atoms with E-state index < -0.39 is 29.7 Å². The molecule has 0 radical (unpaired) electrons. The Morgan fingerprint density at radius 1 is 0.946 bits per heavy atom. The highest BCUT2D eigenvalue weighted by atomic mass is 19.1. The molecule has 0 unspecified atom stereocenters. The van der Waals surface area contributed by atoms with E-state index in [1.807, 2.05) is 6.92 Å². The van der Waals surface area contributed by atoms with Crippen molar-refractivity contribution in [1.82, 2.24) is 4.90 Å². The van der Waals surface area contributed by atoms with E-state index in [4.69, 9.17) is 9.47 Å². The Hall–Kier alpha value is -4.40. The molecule has 1 heterocycles. The molecule has 3 aromatic rings. The fourth-order valence-corrected chi connectivity index (χ4v) is 4.01. The topological polar surface area (TPSA) is 88.2 Å². The van der Waals surface area contributed by atoms with Crippen LogP contribution in [-0.2, 0) is 16.1 Å². The van der Waals surface area contributed by atoms with Gasteiger partial charge in [0, 0.05) is 12.2 Å². The highest BCUT2D eigenvalue weighted by molar-refractivity contribution is 6.22. The molecular weight excluding hydrogens is 477 g/mol. The smallest absolute Gasteiger partial charge is 0.332 e. The molecule has 192 valence electrons. The van der Waals surface area contributed by atoms with Crippen molar-refractivity contribution in [2.75, 3.05) is 23.9 Å². The molecule has 0 bridgehead atoms. The zero-order valence-corrected chi connectivity index (χ0v) is 20.6. The molecule has 0 aliphatic carbocycles. The quantitative estimate of drug-likeness (QED) is 0.392. The van der Waals surface area contributed by atoms with E-state index in [0.29, 0.717) is 23.8 Å². The normalized spacial score (nSPS) is 15.2. The molecule has 0 aromatic heterocycles. The van der Waals surface area contributed by atoms with E-state index in [9.17, 15) is 18.8 Å². The summed E-state index contributed by atoms with van der Waals surface area (Å²) in [6.07, 6.45) is 0.640. The maximum atomic E-state index is 13.5. The van der Waals surface area contributed by atoms with Gasteiger partial charge in [0.05, 0.1) is 25.8 Å². The van der Waals surface area contributed by atoms with Gasteiger partial charge in [-0.05, 0) is 72.6 Å². The Labute approximate surface area is 214 Å². The number of hydrogen-bond donors (Lipinski definition) is 1. The fourth-order valence-electron chi connectivity index (χ4n) is 4.01. The number of carbonyl (C=O) groups excluding carboxylic acids is 3. The number of halogens is 1. The highest BCUT2D eigenvalue weighted by Gasteiger charge is 2.46. The minimum atomic E-state index is -1.04. The van der Waals surface area contributed by atoms with Crippen LogP contribution in [0.15, 0.2) is 72.8 Å². The van der Waals surface area contributed by atoms with Crippen LogP contribution in [0.25, 0.3) is 0 Å². The van der Waals surface area contributed by atoms with Crippen molar-refractivity contribution in [2.45, 2.75) is 32.4 Å². The summed E-state index contributed by atoms with van der Waals surface area (Å²) in [4.78, 5) is 42.0. The molecule has 1 atom stereocenters. The number of nitrogens with zero attached hydrogens (tertiary/aromatic N) is 2. The van der Waals surface area contributed by atoms with E-state index in [1.165, 1.54) is 29.2 Å². The molecule has 0 saturated carbocycles. The van der Waals surface area contributed by atoms with Gasteiger partial charge in [-0.3, -0.25) is 9.59 Å². The lowest BCUT2D eigenvalue weighted by atomic mass is 10.1. The third kappa shape index (κ3) is 6.06. The molecule has 0 spiro atoms. The monoisotopic (exact) mass is 505 g/mol. The van der Waals surface area contributed by atoms with Gasteiger partial charge in [-0.1, -0.05) is 19.1 Å². The zero-order chi connectivity index (χ0) is 26.4. The second-order valence-electron chi connectivity index (χ2n) is 8.55. The zero-order valence-electron chi connectivity index (χ0n) is 20.6. The number of anilines is 2. The summed E-state index contributed by atoms with van der Waals surface area (Å²) in [5.74, 6) is -0.114. The number of imide groups is 1. The van der Waals surface area contributed by atoms with E-state index in [2.05, 4.69) is 5.32 Å². The summed E-state index contributed by atoms with van der Waals surface area (Å²) in [5.41, 5.74) is 1.54. The molecule has 4 rings (SSSR count). The highest BCUT2D eigenvalue weighted by Crippen LogP contribution is 2.29. The Kier molecular flexibility index (Phi) is 8.02. The minimum absolute atomic E-state index is 0.105. The second-order valence-corrected chi connectivity index (χ2v) is 8.55. The van der Waals surface area contributed by atoms with Gasteiger partial charge in [-0.15, -0.1) is 0 Å². The van der Waals surface area contributed by atoms with Crippen molar-refractivity contribution in [3.63, 3.8) is 0 Å². The van der Waals surface area contributed by atoms with Crippen molar-refractivity contribution in [3.8, 4) is 11.5 Å². The molecule has 1 aliphatic rings. The van der Waals surface area contributed by atoms with Crippen molar-refractivity contribution < 1.29 is 28.2 Å². The summed E-state index contributed by atoms with van der Waals surface area (Å²) >= 11 is 0. The first-order valence-corrected chi connectivity index (χ1v) is 12.0. The molecule has 37 heavy (non-hydrogen) atoms. The summed E-state index contributed by atoms with van der Waals surface area (Å²) in [5, 5.41) is 2.78. The molecule has 1 saturated heterocycles. The number of benzene rings is 3. The molecule has 8 nitrogen and oxygen atoms in total. The van der Waals surface area contributed by atoms with Crippen molar-refractivity contribution in [2.24, 2.45) is 0 Å². The Balaban J connectivity index is 1.53. The Bertz CT molecular complexity index is 1250. The number of methoxy groups -OCH3 is 1. The van der Waals surface area contributed by atoms with Crippen LogP contribution in [0, 0.1) is 5.82 Å². The van der Waals surface area contributed by atoms with E-state index in [0.717, 1.165) is 16.9 Å². The van der Waals surface area contributed by atoms with Gasteiger partial charge in [0.2, 0.25) is 5.91 Å². The summed E-state index contributed by atoms with van der Waals surface area (Å²) in [6, 6.07) is 17.5. The number of hydrogen-bond acceptors (Lipinski definition) is 5. The van der Waals surface area contributed by atoms with Crippen molar-refractivity contribution in [1.29, 1.82) is 0 Å². The van der Waals surface area contributed by atoms with Crippen LogP contribution in [-0.4, -0.2) is 42.5 Å². The summed E-state index contributed by atoms with van der Waals surface area (Å²) in [7, 11) is 1.55. The van der Waals surface area contributed by atoms with E-state index in [-0.39, 0.29) is 18.7 Å². The lowest BCUT2D eigenvalue weighted by molar-refractivity contribution is -0.124. The number of urea groups is 1. The number of carbonyl (C=O) groups is 3. The first kappa shape index (κ1) is 25.7. The molecule has 3 aromatic carbocycles. The van der Waals surface area contributed by atoms with Crippen molar-refractivity contribution in [3.05, 3.63) is 84.2 Å². The predicted octanol–water partition coefficient (Wildman–Crippen LogP) is 4.99. The van der Waals surface area contributed by atoms with Crippen LogP contribution in [0.4, 0.5) is 20.6 Å². The van der Waals surface area contributed by atoms with Crippen LogP contribution >= 0.6 is 0 Å². The third-order valence-corrected chi connectivity index (χ3v) is 5.91. The molecule has 1 fully saturated rings. The standard InChI is InChI=1S/C28H28FN3O5/c1-3-16-37-24-14-8-21(9-15-24)30-26(33)17-25-27(34)32(22-10-6-20(29)7-11-22)28(35)31(25)18-19-4-12-23(36-2)13-5-19/h4-15,25H,3,16-18H2,1-2H3,(H,30,33)/t25-/m0/s1. The van der Waals surface area contributed by atoms with E-state index in [1.54, 1.807) is 55.6 Å². The van der Waals surface area contributed by atoms with Gasteiger partial charge in [-0.2, -0.15) is 0 Å². The molecular formula is C28H28FN3O5. The van der Waals surface area contributed by atoms with Gasteiger partial charge < -0.3 is 19.7 Å². The van der Waals surface area contributed by atoms with Gasteiger partial charge in [0.15, 0.2) is 0 Å². The summed E-state index contributed by atoms with van der Waals surface area (Å²) in [6.45, 7) is 2.71. The molecule has 1 aliphatic heterocycles. The average Bonchev–Trinajstić information content (AvgIpc) is 3.13. The molecule has 4 amide bonds. The molecule has 9 heteroatoms. The van der Waals surface area contributed by atoms with Crippen LogP contribution in [0.5, 0.6) is 11.5 Å². The lowest BCUT2D eigenvalue weighted by Crippen LogP contribution is -2.37. The first-order chi connectivity index (χ1) is 17.9. The maximum Gasteiger partial charge on any atom is 0.332 e. The van der Waals surface area contributed by atoms with Crippen LogP contribution < -0.4 is 19.7 Å². The first-order valence-electron chi connectivity index (χ1n) is 12.0. The third-order valence-electron chi connectivity index (χ3n) is 5.91. The van der Waals surface area contributed by atoms with E-state index >= 15 is 0 Å². The maximum absolute atomic E-state index is 13.5. The Morgan fingerprint density at radius 2 is 1.59 bits per heavy atom. The van der Waals surface area contributed by atoms with Crippen molar-refractivity contribution >= 4 is 29.2 Å². The number of amides is 4. The summed E-state index contributed by atoms with van der Waals surface area (Å²) < 4.78 is 24.2. The fraction of sp³-hybridized carbons (Fsp3) is 0.250. The minimum Gasteiger partial charge on any atom is -0.497 e. The van der Waals surface area contributed by atoms with Crippen LogP contribution in [0.3, 0.4) is 0 Å². The predicted molar refractivity (Wildman–Crippen MR) is 137 cm³/mol. The molecule has 1 N–H and O–H groups in total. The lowest BCUT2D eigenvalue weighted by Gasteiger charge is -2.22. The Morgan fingerprint density at radius 3 is 2.22 bits per heavy atom. The van der Waals surface area contributed by atoms with Crippen LogP contribution in [0.1, 0.15) is 25.3 Å². The van der Waals surface area contributed by atoms with Crippen LogP contribution in [0.2, 0.25) is 0 Å². The van der Waals surface area contributed by atoms with Gasteiger partial charge in [0.25, 0.3) is 5.91 Å². The SMILES string of the molecule is CCCOc1ccc(NC(=O)C[C@H]2C(=O)N(c3ccc(F)cc3)C(=O)N2Cc2ccc(OC)cc2)cc1. The number of ether oxygens (including phenoxy) is 2. The number of rotatable bonds is 10. The van der Waals surface area contributed by atoms with Gasteiger partial charge >= 0.3 is 6.03 Å². The largest absolute Gasteiger partial charge is 0.497 e. The van der Waals surface area contributed by atoms with Gasteiger partial charge in [0.1, 0.15) is 23.4 Å². The average molecular weight is 506 g/mol. The van der Waals surface area contributed by atoms with Gasteiger partial charge in [-0.25, -0.2) is 14.1 Å². The second kappa shape index (κ2) is 11.6. The number of nitrogens with one attached hydrogen (secondary N) is 1.